The molecule has 6 heteroatoms. The van der Waals surface area contributed by atoms with Gasteiger partial charge < -0.3 is 9.88 Å². The Bertz CT molecular complexity index is 716. The minimum absolute atomic E-state index is 0.185. The third-order valence-electron chi connectivity index (χ3n) is 3.78. The second-order valence-electron chi connectivity index (χ2n) is 5.04. The van der Waals surface area contributed by atoms with Crippen LogP contribution in [0, 0.1) is 0 Å². The van der Waals surface area contributed by atoms with Crippen LogP contribution in [0.4, 0.5) is 0 Å². The standard InChI is InChI=1S/C14H17N3O2S/c18-13-11-3-1-2-4-12(11)15-14(19)17(13)6-5-16-7-9-20-10-8-16/h1-4H,5-10H2,(H,15,19)/p+1. The van der Waals surface area contributed by atoms with Gasteiger partial charge in [-0.25, -0.2) is 4.79 Å². The zero-order valence-electron chi connectivity index (χ0n) is 11.2. The number of thioether (sulfide) groups is 1. The molecule has 1 aromatic carbocycles. The lowest BCUT2D eigenvalue weighted by atomic mass is 10.2. The summed E-state index contributed by atoms with van der Waals surface area (Å²) in [6.07, 6.45) is 0. The molecule has 5 nitrogen and oxygen atoms in total. The molecule has 2 aromatic rings. The van der Waals surface area contributed by atoms with Crippen molar-refractivity contribution in [1.82, 2.24) is 9.55 Å². The van der Waals surface area contributed by atoms with Gasteiger partial charge in [-0.3, -0.25) is 9.36 Å². The number of aromatic amines is 1. The summed E-state index contributed by atoms with van der Waals surface area (Å²) in [7, 11) is 0. The maximum Gasteiger partial charge on any atom is 0.329 e. The first-order chi connectivity index (χ1) is 9.75. The van der Waals surface area contributed by atoms with Crippen molar-refractivity contribution in [2.24, 2.45) is 0 Å². The van der Waals surface area contributed by atoms with Gasteiger partial charge >= 0.3 is 5.69 Å². The summed E-state index contributed by atoms with van der Waals surface area (Å²) < 4.78 is 1.33. The highest BCUT2D eigenvalue weighted by Gasteiger charge is 2.15. The monoisotopic (exact) mass is 292 g/mol. The molecule has 1 aromatic heterocycles. The largest absolute Gasteiger partial charge is 0.332 e. The quantitative estimate of drug-likeness (QED) is 0.788. The fourth-order valence-electron chi connectivity index (χ4n) is 2.58. The van der Waals surface area contributed by atoms with Crippen molar-refractivity contribution in [3.63, 3.8) is 0 Å². The summed E-state index contributed by atoms with van der Waals surface area (Å²) in [6.45, 7) is 3.55. The fourth-order valence-corrected chi connectivity index (χ4v) is 3.65. The lowest BCUT2D eigenvalue weighted by molar-refractivity contribution is -0.896. The summed E-state index contributed by atoms with van der Waals surface area (Å²) in [4.78, 5) is 28.6. The molecule has 0 aliphatic carbocycles. The number of quaternary nitrogens is 1. The van der Waals surface area contributed by atoms with Gasteiger partial charge in [0.1, 0.15) is 0 Å². The van der Waals surface area contributed by atoms with E-state index in [0.29, 0.717) is 17.4 Å². The number of hydrogen-bond donors (Lipinski definition) is 2. The van der Waals surface area contributed by atoms with E-state index in [4.69, 9.17) is 0 Å². The Morgan fingerprint density at radius 3 is 2.75 bits per heavy atom. The molecule has 2 N–H and O–H groups in total. The third-order valence-corrected chi connectivity index (χ3v) is 4.76. The van der Waals surface area contributed by atoms with Gasteiger partial charge in [0.15, 0.2) is 0 Å². The van der Waals surface area contributed by atoms with Crippen molar-refractivity contribution in [2.45, 2.75) is 6.54 Å². The van der Waals surface area contributed by atoms with Gasteiger partial charge in [0.2, 0.25) is 0 Å². The first-order valence-electron chi connectivity index (χ1n) is 6.89. The Hall–Kier alpha value is -1.53. The van der Waals surface area contributed by atoms with E-state index in [1.54, 1.807) is 12.1 Å². The number of para-hydroxylation sites is 1. The third kappa shape index (κ3) is 2.66. The van der Waals surface area contributed by atoms with Crippen LogP contribution in [0.2, 0.25) is 0 Å². The van der Waals surface area contributed by atoms with Crippen molar-refractivity contribution < 1.29 is 4.90 Å². The molecule has 0 atom stereocenters. The zero-order chi connectivity index (χ0) is 13.9. The molecule has 1 saturated heterocycles. The van der Waals surface area contributed by atoms with Crippen molar-refractivity contribution in [3.8, 4) is 0 Å². The van der Waals surface area contributed by atoms with Crippen LogP contribution in [0.5, 0.6) is 0 Å². The van der Waals surface area contributed by atoms with Gasteiger partial charge in [-0.05, 0) is 12.1 Å². The molecule has 0 bridgehead atoms. The van der Waals surface area contributed by atoms with Crippen LogP contribution >= 0.6 is 11.8 Å². The van der Waals surface area contributed by atoms with Crippen molar-refractivity contribution in [3.05, 3.63) is 45.1 Å². The van der Waals surface area contributed by atoms with E-state index in [2.05, 4.69) is 4.98 Å². The van der Waals surface area contributed by atoms with Crippen LogP contribution in [-0.4, -0.2) is 40.7 Å². The number of H-pyrrole nitrogens is 1. The van der Waals surface area contributed by atoms with Crippen molar-refractivity contribution in [1.29, 1.82) is 0 Å². The number of nitrogens with zero attached hydrogens (tertiary/aromatic N) is 1. The predicted molar refractivity (Wildman–Crippen MR) is 81.7 cm³/mol. The average Bonchev–Trinajstić information content (AvgIpc) is 2.48. The molecule has 0 radical (unpaired) electrons. The number of rotatable bonds is 3. The molecule has 0 spiro atoms. The second-order valence-corrected chi connectivity index (χ2v) is 6.27. The molecule has 0 amide bonds. The van der Waals surface area contributed by atoms with E-state index < -0.39 is 0 Å². The highest BCUT2D eigenvalue weighted by atomic mass is 32.2. The molecule has 1 fully saturated rings. The summed E-state index contributed by atoms with van der Waals surface area (Å²) in [5.74, 6) is 2.33. The second kappa shape index (κ2) is 5.85. The van der Waals surface area contributed by atoms with Crippen molar-refractivity contribution in [2.75, 3.05) is 31.1 Å². The SMILES string of the molecule is O=c1[nH]c2ccccc2c(=O)n1CC[NH+]1CCSCC1. The average molecular weight is 292 g/mol. The smallest absolute Gasteiger partial charge is 0.329 e. The molecule has 20 heavy (non-hydrogen) atoms. The van der Waals surface area contributed by atoms with Crippen molar-refractivity contribution >= 4 is 22.7 Å². The Labute approximate surface area is 120 Å². The van der Waals surface area contributed by atoms with Crippen LogP contribution in [0.3, 0.4) is 0 Å². The van der Waals surface area contributed by atoms with Crippen LogP contribution < -0.4 is 16.1 Å². The zero-order valence-corrected chi connectivity index (χ0v) is 12.0. The highest BCUT2D eigenvalue weighted by molar-refractivity contribution is 7.99. The van der Waals surface area contributed by atoms with Gasteiger partial charge in [0, 0.05) is 11.5 Å². The minimum Gasteiger partial charge on any atom is -0.332 e. The van der Waals surface area contributed by atoms with Gasteiger partial charge in [0.05, 0.1) is 37.1 Å². The number of benzene rings is 1. The maximum absolute atomic E-state index is 12.4. The minimum atomic E-state index is -0.306. The van der Waals surface area contributed by atoms with E-state index in [1.807, 2.05) is 23.9 Å². The molecular formula is C14H18N3O2S+. The van der Waals surface area contributed by atoms with E-state index in [0.717, 1.165) is 31.1 Å². The Balaban J connectivity index is 1.87. The topological polar surface area (TPSA) is 59.3 Å². The maximum atomic E-state index is 12.4. The van der Waals surface area contributed by atoms with E-state index >= 15 is 0 Å². The lowest BCUT2D eigenvalue weighted by Gasteiger charge is -2.23. The highest BCUT2D eigenvalue weighted by Crippen LogP contribution is 2.02. The van der Waals surface area contributed by atoms with Crippen LogP contribution in [0.25, 0.3) is 10.9 Å². The molecule has 3 rings (SSSR count). The fraction of sp³-hybridized carbons (Fsp3) is 0.429. The normalized spacial score (nSPS) is 16.6. The summed E-state index contributed by atoms with van der Waals surface area (Å²) in [5, 5.41) is 0.580. The molecular weight excluding hydrogens is 274 g/mol. The van der Waals surface area contributed by atoms with Gasteiger partial charge in [-0.2, -0.15) is 11.8 Å². The van der Waals surface area contributed by atoms with Gasteiger partial charge in [0.25, 0.3) is 5.56 Å². The first-order valence-corrected chi connectivity index (χ1v) is 8.04. The van der Waals surface area contributed by atoms with Crippen LogP contribution in [0.1, 0.15) is 0 Å². The van der Waals surface area contributed by atoms with Crippen LogP contribution in [0.15, 0.2) is 33.9 Å². The van der Waals surface area contributed by atoms with Crippen LogP contribution in [-0.2, 0) is 6.54 Å². The molecule has 1 aliphatic rings. The predicted octanol–water partition coefficient (Wildman–Crippen LogP) is -0.678. The summed E-state index contributed by atoms with van der Waals surface area (Å²) >= 11 is 1.97. The number of fused-ring (bicyclic) bond motifs is 1. The molecule has 0 unspecified atom stereocenters. The Morgan fingerprint density at radius 1 is 1.20 bits per heavy atom. The molecule has 2 heterocycles. The van der Waals surface area contributed by atoms with E-state index in [9.17, 15) is 9.59 Å². The summed E-state index contributed by atoms with van der Waals surface area (Å²) in [5.41, 5.74) is 0.120. The number of hydrogen-bond acceptors (Lipinski definition) is 3. The van der Waals surface area contributed by atoms with E-state index in [-0.39, 0.29) is 11.2 Å². The van der Waals surface area contributed by atoms with E-state index in [1.165, 1.54) is 9.47 Å². The van der Waals surface area contributed by atoms with Gasteiger partial charge in [-0.1, -0.05) is 12.1 Å². The lowest BCUT2D eigenvalue weighted by Crippen LogP contribution is -3.14. The summed E-state index contributed by atoms with van der Waals surface area (Å²) in [6, 6.07) is 7.15. The first kappa shape index (κ1) is 13.5. The molecule has 106 valence electrons. The number of nitrogens with one attached hydrogen (secondary N) is 2. The molecule has 1 aliphatic heterocycles. The Kier molecular flexibility index (Phi) is 3.93. The van der Waals surface area contributed by atoms with Gasteiger partial charge in [-0.15, -0.1) is 0 Å². The molecule has 0 saturated carbocycles. The Morgan fingerprint density at radius 2 is 1.95 bits per heavy atom. The number of aromatic nitrogens is 2.